The third-order valence-electron chi connectivity index (χ3n) is 2.44. The molecule has 1 unspecified atom stereocenters. The number of hydrogen-bond acceptors (Lipinski definition) is 5. The molecule has 0 saturated carbocycles. The molecule has 0 heterocycles. The lowest BCUT2D eigenvalue weighted by Crippen LogP contribution is -1.95. The molecule has 0 aliphatic heterocycles. The fourth-order valence-electron chi connectivity index (χ4n) is 1.40. The number of hydrogen-bond donors (Lipinski definition) is 3. The van der Waals surface area contributed by atoms with E-state index in [1.165, 1.54) is 0 Å². The van der Waals surface area contributed by atoms with Crippen LogP contribution in [0.5, 0.6) is 0 Å². The predicted molar refractivity (Wildman–Crippen MR) is 82.1 cm³/mol. The predicted octanol–water partition coefficient (Wildman–Crippen LogP) is 2.92. The summed E-state index contributed by atoms with van der Waals surface area (Å²) in [6.45, 7) is 6.70. The van der Waals surface area contributed by atoms with E-state index in [0.29, 0.717) is 13.2 Å². The summed E-state index contributed by atoms with van der Waals surface area (Å²) in [7, 11) is -9.83. The average molecular weight is 358 g/mol. The summed E-state index contributed by atoms with van der Waals surface area (Å²) >= 11 is 0. The molecule has 1 atom stereocenters. The summed E-state index contributed by atoms with van der Waals surface area (Å²) in [5.41, 5.74) is 2.04. The van der Waals surface area contributed by atoms with Crippen LogP contribution in [0.3, 0.4) is 0 Å². The van der Waals surface area contributed by atoms with Gasteiger partial charge >= 0.3 is 15.6 Å². The van der Waals surface area contributed by atoms with Crippen molar-refractivity contribution in [3.8, 4) is 0 Å². The van der Waals surface area contributed by atoms with E-state index in [2.05, 4.69) is 8.83 Å². The lowest BCUT2D eigenvalue weighted by atomic mass is 10.1. The first-order valence-corrected chi connectivity index (χ1v) is 9.71. The van der Waals surface area contributed by atoms with Crippen LogP contribution in [0.2, 0.25) is 0 Å². The number of phosphoric acid groups is 2. The summed E-state index contributed by atoms with van der Waals surface area (Å²) in [5, 5.41) is 0. The second-order valence-corrected chi connectivity index (χ2v) is 7.44. The Balaban J connectivity index is 4.14. The first-order chi connectivity index (χ1) is 10.1. The maximum Gasteiger partial charge on any atom is 0.481 e. The highest BCUT2D eigenvalue weighted by Crippen LogP contribution is 2.57. The summed E-state index contributed by atoms with van der Waals surface area (Å²) in [5.74, 6) is 0. The van der Waals surface area contributed by atoms with Crippen LogP contribution in [0.4, 0.5) is 0 Å². The second-order valence-electron chi connectivity index (χ2n) is 4.61. The van der Waals surface area contributed by atoms with Gasteiger partial charge in [0.05, 0.1) is 13.2 Å². The molecule has 0 radical (unpaired) electrons. The summed E-state index contributed by atoms with van der Waals surface area (Å²) in [4.78, 5) is 25.9. The van der Waals surface area contributed by atoms with Crippen molar-refractivity contribution in [3.05, 3.63) is 23.3 Å². The lowest BCUT2D eigenvalue weighted by molar-refractivity contribution is 0.170. The van der Waals surface area contributed by atoms with E-state index in [9.17, 15) is 9.13 Å². The monoisotopic (exact) mass is 358 g/mol. The van der Waals surface area contributed by atoms with Crippen molar-refractivity contribution in [2.45, 2.75) is 33.6 Å². The molecule has 130 valence electrons. The molecule has 0 aromatic rings. The van der Waals surface area contributed by atoms with Gasteiger partial charge in [-0.05, 0) is 33.6 Å². The number of ether oxygens (including phenoxy) is 1. The van der Waals surface area contributed by atoms with Gasteiger partial charge in [0.2, 0.25) is 0 Å². The molecule has 0 fully saturated rings. The van der Waals surface area contributed by atoms with E-state index >= 15 is 0 Å². The van der Waals surface area contributed by atoms with Crippen LogP contribution in [0.1, 0.15) is 33.6 Å². The second kappa shape index (κ2) is 10.5. The number of rotatable bonds is 11. The SMILES string of the molecule is CCOC/C(C)=C/CC/C(C)=C/COP(=O)(O)OP(=O)(O)O. The molecule has 0 rings (SSSR count). The van der Waals surface area contributed by atoms with E-state index in [0.717, 1.165) is 24.0 Å². The Morgan fingerprint density at radius 1 is 1.09 bits per heavy atom. The van der Waals surface area contributed by atoms with Crippen molar-refractivity contribution < 1.29 is 37.4 Å². The molecular weight excluding hydrogens is 334 g/mol. The average Bonchev–Trinajstić information content (AvgIpc) is 2.33. The third kappa shape index (κ3) is 13.4. The van der Waals surface area contributed by atoms with Crippen molar-refractivity contribution in [2.75, 3.05) is 19.8 Å². The highest BCUT2D eigenvalue weighted by molar-refractivity contribution is 7.60. The fourth-order valence-corrected chi connectivity index (χ4v) is 2.93. The zero-order valence-corrected chi connectivity index (χ0v) is 14.8. The zero-order valence-electron chi connectivity index (χ0n) is 13.0. The summed E-state index contributed by atoms with van der Waals surface area (Å²) in [6, 6.07) is 0. The summed E-state index contributed by atoms with van der Waals surface area (Å²) in [6.07, 6.45) is 5.11. The minimum Gasteiger partial charge on any atom is -0.377 e. The van der Waals surface area contributed by atoms with Crippen molar-refractivity contribution in [1.82, 2.24) is 0 Å². The first kappa shape index (κ1) is 21.7. The molecule has 3 N–H and O–H groups in total. The van der Waals surface area contributed by atoms with Gasteiger partial charge in [-0.1, -0.05) is 23.3 Å². The molecule has 0 bridgehead atoms. The Labute approximate surface area is 130 Å². The fraction of sp³-hybridized carbons (Fsp3) is 0.667. The van der Waals surface area contributed by atoms with Crippen molar-refractivity contribution in [3.63, 3.8) is 0 Å². The minimum absolute atomic E-state index is 0.277. The lowest BCUT2D eigenvalue weighted by Gasteiger charge is -2.11. The standard InChI is InChI=1S/C12H24O8P2/c1-4-18-10-12(3)7-5-6-11(2)8-9-19-22(16,17)20-21(13,14)15/h7-8H,4-6,9-10H2,1-3H3,(H,16,17)(H2,13,14,15)/b11-8+,12-7+. The van der Waals surface area contributed by atoms with Gasteiger partial charge in [-0.3, -0.25) is 4.52 Å². The molecule has 8 nitrogen and oxygen atoms in total. The van der Waals surface area contributed by atoms with Gasteiger partial charge in [0.15, 0.2) is 0 Å². The summed E-state index contributed by atoms with van der Waals surface area (Å²) < 4.78 is 35.0. The number of phosphoric ester groups is 1. The van der Waals surface area contributed by atoms with Crippen LogP contribution in [0, 0.1) is 0 Å². The molecule has 0 aliphatic carbocycles. The van der Waals surface area contributed by atoms with Gasteiger partial charge in [0.1, 0.15) is 0 Å². The Kier molecular flexibility index (Phi) is 10.3. The minimum atomic E-state index is -5.07. The molecule has 0 aliphatic rings. The van der Waals surface area contributed by atoms with Crippen molar-refractivity contribution >= 4 is 15.6 Å². The van der Waals surface area contributed by atoms with E-state index < -0.39 is 15.6 Å². The third-order valence-corrected chi connectivity index (χ3v) is 4.60. The van der Waals surface area contributed by atoms with Crippen LogP contribution in [-0.4, -0.2) is 34.5 Å². The van der Waals surface area contributed by atoms with Crippen molar-refractivity contribution in [1.29, 1.82) is 0 Å². The smallest absolute Gasteiger partial charge is 0.377 e. The van der Waals surface area contributed by atoms with Gasteiger partial charge < -0.3 is 19.4 Å². The molecular formula is C12H24O8P2. The zero-order chi connectivity index (χ0) is 17.2. The van der Waals surface area contributed by atoms with Crippen LogP contribution in [0.25, 0.3) is 0 Å². The Morgan fingerprint density at radius 2 is 1.73 bits per heavy atom. The van der Waals surface area contributed by atoms with E-state index in [1.807, 2.05) is 26.8 Å². The van der Waals surface area contributed by atoms with Gasteiger partial charge in [-0.25, -0.2) is 9.13 Å². The Hall–Kier alpha value is -0.300. The van der Waals surface area contributed by atoms with E-state index in [4.69, 9.17) is 19.4 Å². The van der Waals surface area contributed by atoms with Crippen LogP contribution in [-0.2, 0) is 22.7 Å². The van der Waals surface area contributed by atoms with Gasteiger partial charge in [-0.2, -0.15) is 4.31 Å². The largest absolute Gasteiger partial charge is 0.481 e. The van der Waals surface area contributed by atoms with Gasteiger partial charge in [0.25, 0.3) is 0 Å². The topological polar surface area (TPSA) is 123 Å². The molecule has 22 heavy (non-hydrogen) atoms. The van der Waals surface area contributed by atoms with Gasteiger partial charge in [0, 0.05) is 6.61 Å². The van der Waals surface area contributed by atoms with Crippen LogP contribution < -0.4 is 0 Å². The Bertz CT molecular complexity index is 480. The molecule has 10 heteroatoms. The molecule has 0 aromatic carbocycles. The van der Waals surface area contributed by atoms with Crippen LogP contribution >= 0.6 is 15.6 Å². The Morgan fingerprint density at radius 3 is 2.27 bits per heavy atom. The number of allylic oxidation sites excluding steroid dienone is 2. The normalized spacial score (nSPS) is 16.6. The highest BCUT2D eigenvalue weighted by Gasteiger charge is 2.31. The van der Waals surface area contributed by atoms with Gasteiger partial charge in [-0.15, -0.1) is 0 Å². The highest BCUT2D eigenvalue weighted by atomic mass is 31.3. The van der Waals surface area contributed by atoms with Crippen LogP contribution in [0.15, 0.2) is 23.3 Å². The van der Waals surface area contributed by atoms with E-state index in [1.54, 1.807) is 6.08 Å². The first-order valence-electron chi connectivity index (χ1n) is 6.69. The maximum atomic E-state index is 11.2. The molecule has 0 spiro atoms. The quantitative estimate of drug-likeness (QED) is 0.381. The molecule has 0 aromatic heterocycles. The molecule has 0 amide bonds. The van der Waals surface area contributed by atoms with E-state index in [-0.39, 0.29) is 6.61 Å². The molecule has 0 saturated heterocycles. The van der Waals surface area contributed by atoms with Crippen molar-refractivity contribution in [2.24, 2.45) is 0 Å². The maximum absolute atomic E-state index is 11.2.